The number of carbonyl (C=O) groups is 1. The van der Waals surface area contributed by atoms with Crippen molar-refractivity contribution in [1.29, 1.82) is 0 Å². The smallest absolute Gasteiger partial charge is 0.338 e. The second-order valence-corrected chi connectivity index (χ2v) is 11.7. The lowest BCUT2D eigenvalue weighted by molar-refractivity contribution is 0.0115. The number of nitrogens with zero attached hydrogens (tertiary/aromatic N) is 1. The van der Waals surface area contributed by atoms with Gasteiger partial charge in [0.25, 0.3) is 0 Å². The van der Waals surface area contributed by atoms with Crippen LogP contribution < -0.4 is 9.64 Å². The van der Waals surface area contributed by atoms with Crippen molar-refractivity contribution >= 4 is 23.3 Å². The molecular weight excluding hydrogens is 498 g/mol. The highest BCUT2D eigenvalue weighted by Gasteiger charge is 2.37. The zero-order valence-corrected chi connectivity index (χ0v) is 23.6. The molecule has 38 heavy (non-hydrogen) atoms. The van der Waals surface area contributed by atoms with Gasteiger partial charge in [-0.1, -0.05) is 37.6 Å². The normalized spacial score (nSPS) is 20.3. The SMILES string of the molecule is C=CCC[C@H](O)[C@@H]1CC[C@H]1CN1CCCCc2cc(Cl)ccc2COc2ccc(C(=O)OCC(C)C)cc21. The maximum atomic E-state index is 12.9. The molecule has 1 saturated carbocycles. The topological polar surface area (TPSA) is 59.0 Å². The molecule has 2 aliphatic rings. The molecule has 1 heterocycles. The highest BCUT2D eigenvalue weighted by molar-refractivity contribution is 6.30. The van der Waals surface area contributed by atoms with Crippen molar-refractivity contribution in [3.05, 3.63) is 70.8 Å². The first-order valence-corrected chi connectivity index (χ1v) is 14.5. The van der Waals surface area contributed by atoms with Crippen LogP contribution in [0.3, 0.4) is 0 Å². The van der Waals surface area contributed by atoms with Crippen molar-refractivity contribution in [3.8, 4) is 5.75 Å². The molecular formula is C32H42ClNO4. The lowest BCUT2D eigenvalue weighted by atomic mass is 9.69. The number of benzene rings is 2. The molecule has 1 fully saturated rings. The molecule has 4 rings (SSSR count). The van der Waals surface area contributed by atoms with Crippen molar-refractivity contribution in [2.24, 2.45) is 17.8 Å². The van der Waals surface area contributed by atoms with Gasteiger partial charge >= 0.3 is 5.97 Å². The molecule has 0 bridgehead atoms. The van der Waals surface area contributed by atoms with Gasteiger partial charge in [-0.05, 0) is 104 Å². The van der Waals surface area contributed by atoms with Crippen LogP contribution in [-0.4, -0.2) is 36.9 Å². The molecule has 1 aliphatic carbocycles. The lowest BCUT2D eigenvalue weighted by Gasteiger charge is -2.43. The van der Waals surface area contributed by atoms with E-state index in [1.807, 2.05) is 50.3 Å². The van der Waals surface area contributed by atoms with E-state index in [0.717, 1.165) is 80.1 Å². The summed E-state index contributed by atoms with van der Waals surface area (Å²) in [7, 11) is 0. The van der Waals surface area contributed by atoms with Gasteiger partial charge in [0.15, 0.2) is 0 Å². The summed E-state index contributed by atoms with van der Waals surface area (Å²) in [4.78, 5) is 15.2. The lowest BCUT2D eigenvalue weighted by Crippen LogP contribution is -2.43. The van der Waals surface area contributed by atoms with E-state index in [9.17, 15) is 9.90 Å². The molecule has 0 aromatic heterocycles. The number of fused-ring (bicyclic) bond motifs is 2. The number of hydrogen-bond acceptors (Lipinski definition) is 5. The van der Waals surface area contributed by atoms with Crippen LogP contribution >= 0.6 is 11.6 Å². The number of carbonyl (C=O) groups excluding carboxylic acids is 1. The first kappa shape index (κ1) is 28.5. The van der Waals surface area contributed by atoms with Gasteiger partial charge in [-0.3, -0.25) is 0 Å². The summed E-state index contributed by atoms with van der Waals surface area (Å²) >= 11 is 6.30. The Bertz CT molecular complexity index is 1100. The quantitative estimate of drug-likeness (QED) is 0.269. The summed E-state index contributed by atoms with van der Waals surface area (Å²) in [6.45, 7) is 10.4. The number of hydrogen-bond donors (Lipinski definition) is 1. The van der Waals surface area contributed by atoms with E-state index in [2.05, 4.69) is 11.5 Å². The fourth-order valence-electron chi connectivity index (χ4n) is 5.50. The average molecular weight is 540 g/mol. The number of allylic oxidation sites excluding steroid dienone is 1. The zero-order valence-electron chi connectivity index (χ0n) is 22.8. The highest BCUT2D eigenvalue weighted by Crippen LogP contribution is 2.41. The van der Waals surface area contributed by atoms with E-state index in [1.165, 1.54) is 5.56 Å². The molecule has 6 heteroatoms. The molecule has 3 atom stereocenters. The molecule has 0 radical (unpaired) electrons. The predicted molar refractivity (Wildman–Crippen MR) is 154 cm³/mol. The van der Waals surface area contributed by atoms with Crippen molar-refractivity contribution in [1.82, 2.24) is 0 Å². The second-order valence-electron chi connectivity index (χ2n) is 11.2. The monoisotopic (exact) mass is 539 g/mol. The summed E-state index contributed by atoms with van der Waals surface area (Å²) < 4.78 is 12.0. The Kier molecular flexibility index (Phi) is 10.1. The van der Waals surface area contributed by atoms with E-state index >= 15 is 0 Å². The summed E-state index contributed by atoms with van der Waals surface area (Å²) in [6, 6.07) is 11.6. The third kappa shape index (κ3) is 7.33. The summed E-state index contributed by atoms with van der Waals surface area (Å²) in [6.07, 6.45) is 8.30. The van der Waals surface area contributed by atoms with Gasteiger partial charge in [-0.25, -0.2) is 4.79 Å². The second kappa shape index (κ2) is 13.5. The van der Waals surface area contributed by atoms with E-state index in [-0.39, 0.29) is 18.0 Å². The minimum atomic E-state index is -0.308. The number of rotatable bonds is 9. The Labute approximate surface area is 232 Å². The van der Waals surface area contributed by atoms with Crippen molar-refractivity contribution < 1.29 is 19.4 Å². The van der Waals surface area contributed by atoms with Crippen molar-refractivity contribution in [2.45, 2.75) is 71.5 Å². The molecule has 1 aliphatic heterocycles. The third-order valence-electron chi connectivity index (χ3n) is 7.85. The van der Waals surface area contributed by atoms with Gasteiger partial charge in [-0.15, -0.1) is 6.58 Å². The zero-order chi connectivity index (χ0) is 27.1. The largest absolute Gasteiger partial charge is 0.487 e. The molecule has 0 amide bonds. The number of halogens is 1. The number of aliphatic hydroxyl groups is 1. The molecule has 5 nitrogen and oxygen atoms in total. The fraction of sp³-hybridized carbons (Fsp3) is 0.531. The van der Waals surface area contributed by atoms with Crippen LogP contribution in [0.15, 0.2) is 49.1 Å². The summed E-state index contributed by atoms with van der Waals surface area (Å²) in [5, 5.41) is 11.5. The van der Waals surface area contributed by atoms with Gasteiger partial charge < -0.3 is 19.5 Å². The fourth-order valence-corrected chi connectivity index (χ4v) is 5.70. The molecule has 2 aromatic carbocycles. The van der Waals surface area contributed by atoms with Crippen LogP contribution in [0, 0.1) is 17.8 Å². The Morgan fingerprint density at radius 2 is 2.05 bits per heavy atom. The van der Waals surface area contributed by atoms with E-state index in [4.69, 9.17) is 21.1 Å². The minimum absolute atomic E-state index is 0.274. The molecule has 1 N–H and O–H groups in total. The molecule has 2 aromatic rings. The number of aliphatic hydroxyl groups excluding tert-OH is 1. The number of esters is 1. The van der Waals surface area contributed by atoms with Crippen molar-refractivity contribution in [3.63, 3.8) is 0 Å². The van der Waals surface area contributed by atoms with E-state index < -0.39 is 0 Å². The summed E-state index contributed by atoms with van der Waals surface area (Å²) in [5.74, 6) is 1.42. The molecule has 0 unspecified atom stereocenters. The average Bonchev–Trinajstić information content (AvgIpc) is 2.91. The van der Waals surface area contributed by atoms with Gasteiger partial charge in [-0.2, -0.15) is 0 Å². The van der Waals surface area contributed by atoms with Crippen molar-refractivity contribution in [2.75, 3.05) is 24.6 Å². The van der Waals surface area contributed by atoms with E-state index in [1.54, 1.807) is 6.07 Å². The van der Waals surface area contributed by atoms with Crippen LogP contribution in [0.25, 0.3) is 0 Å². The van der Waals surface area contributed by atoms with Gasteiger partial charge in [0.1, 0.15) is 12.4 Å². The predicted octanol–water partition coefficient (Wildman–Crippen LogP) is 7.23. The van der Waals surface area contributed by atoms with Crippen LogP contribution in [-0.2, 0) is 17.8 Å². The number of aryl methyl sites for hydroxylation is 1. The number of ether oxygens (including phenoxy) is 2. The Balaban J connectivity index is 1.61. The molecule has 0 saturated heterocycles. The molecule has 206 valence electrons. The van der Waals surface area contributed by atoms with E-state index in [0.29, 0.717) is 30.6 Å². The summed E-state index contributed by atoms with van der Waals surface area (Å²) in [5.41, 5.74) is 3.83. The first-order valence-electron chi connectivity index (χ1n) is 14.1. The van der Waals surface area contributed by atoms with Crippen LogP contribution in [0.1, 0.15) is 73.9 Å². The number of anilines is 1. The van der Waals surface area contributed by atoms with Gasteiger partial charge in [0.2, 0.25) is 0 Å². The van der Waals surface area contributed by atoms with Crippen LogP contribution in [0.4, 0.5) is 5.69 Å². The third-order valence-corrected chi connectivity index (χ3v) is 8.09. The van der Waals surface area contributed by atoms with Crippen LogP contribution in [0.5, 0.6) is 5.75 Å². The Morgan fingerprint density at radius 3 is 2.79 bits per heavy atom. The Hall–Kier alpha value is -2.50. The maximum absolute atomic E-state index is 12.9. The Morgan fingerprint density at radius 1 is 1.21 bits per heavy atom. The van der Waals surface area contributed by atoms with Gasteiger partial charge in [0, 0.05) is 18.1 Å². The molecule has 0 spiro atoms. The van der Waals surface area contributed by atoms with Crippen LogP contribution in [0.2, 0.25) is 5.02 Å². The standard InChI is InChI=1S/C32H42ClNO4/c1-4-5-9-30(35)28-14-11-25(28)19-34-16-7-6-8-23-17-27(33)13-10-26(23)21-37-31-15-12-24(18-29(31)34)32(36)38-20-22(2)3/h4,10,12-13,15,17-18,22,25,28,30,35H,1,5-9,11,14,16,19-21H2,2-3H3/t25-,28+,30-/m0/s1. The first-order chi connectivity index (χ1) is 18.4. The maximum Gasteiger partial charge on any atom is 0.338 e. The van der Waals surface area contributed by atoms with Gasteiger partial charge in [0.05, 0.1) is 24.0 Å². The minimum Gasteiger partial charge on any atom is -0.487 e. The highest BCUT2D eigenvalue weighted by atomic mass is 35.5.